The van der Waals surface area contributed by atoms with Gasteiger partial charge in [-0.25, -0.2) is 13.4 Å². The molecule has 0 bridgehead atoms. The number of carbonyl (C=O) groups is 2. The van der Waals surface area contributed by atoms with Crippen LogP contribution in [0.3, 0.4) is 0 Å². The molecule has 10 heteroatoms. The Morgan fingerprint density at radius 1 is 1.12 bits per heavy atom. The Kier molecular flexibility index (Phi) is 6.19. The summed E-state index contributed by atoms with van der Waals surface area (Å²) in [4.78, 5) is 29.0. The molecule has 33 heavy (non-hydrogen) atoms. The van der Waals surface area contributed by atoms with E-state index in [1.807, 2.05) is 12.1 Å². The molecule has 3 N–H and O–H groups in total. The highest BCUT2D eigenvalue weighted by Gasteiger charge is 2.29. The van der Waals surface area contributed by atoms with Crippen molar-refractivity contribution in [3.63, 3.8) is 0 Å². The van der Waals surface area contributed by atoms with Crippen LogP contribution in [-0.4, -0.2) is 31.0 Å². The first-order valence-electron chi connectivity index (χ1n) is 10.5. The number of para-hydroxylation sites is 1. The number of hydrogen-bond acceptors (Lipinski definition) is 6. The van der Waals surface area contributed by atoms with Gasteiger partial charge in [0.1, 0.15) is 11.5 Å². The van der Waals surface area contributed by atoms with Crippen molar-refractivity contribution in [2.45, 2.75) is 32.9 Å². The molecule has 3 aromatic rings. The van der Waals surface area contributed by atoms with Crippen molar-refractivity contribution in [3.05, 3.63) is 71.1 Å². The van der Waals surface area contributed by atoms with Crippen LogP contribution in [0, 0.1) is 6.92 Å². The average molecular weight is 469 g/mol. The minimum atomic E-state index is -3.47. The third-order valence-electron chi connectivity index (χ3n) is 5.42. The van der Waals surface area contributed by atoms with E-state index in [1.165, 1.54) is 0 Å². The standard InChI is InChI=1S/C23H24N4O5S/c1-3-33(30,31)27-18-11-7-6-10-17(18)23-26-20(14(2)32-23)13-24-21(28)12-19-15-8-4-5-9-16(15)22(29)25-19/h4-11,19,27H,3,12-13H2,1-2H3,(H,24,28)(H,25,29). The van der Waals surface area contributed by atoms with Crippen LogP contribution in [0.2, 0.25) is 0 Å². The van der Waals surface area contributed by atoms with Gasteiger partial charge in [0.15, 0.2) is 0 Å². The minimum absolute atomic E-state index is 0.0604. The molecule has 0 aliphatic carbocycles. The molecule has 1 aliphatic rings. The number of aromatic nitrogens is 1. The SMILES string of the molecule is CCS(=O)(=O)Nc1ccccc1-c1nc(CNC(=O)CC2NC(=O)c3ccccc32)c(C)o1. The summed E-state index contributed by atoms with van der Waals surface area (Å²) in [7, 11) is -3.47. The first-order valence-corrected chi connectivity index (χ1v) is 12.2. The van der Waals surface area contributed by atoms with Crippen LogP contribution in [0.1, 0.15) is 46.8 Å². The summed E-state index contributed by atoms with van der Waals surface area (Å²) < 4.78 is 32.3. The van der Waals surface area contributed by atoms with Crippen LogP contribution < -0.4 is 15.4 Å². The Balaban J connectivity index is 1.44. The zero-order valence-corrected chi connectivity index (χ0v) is 19.0. The summed E-state index contributed by atoms with van der Waals surface area (Å²) >= 11 is 0. The van der Waals surface area contributed by atoms with Gasteiger partial charge in [-0.2, -0.15) is 0 Å². The van der Waals surface area contributed by atoms with Crippen LogP contribution in [0.4, 0.5) is 5.69 Å². The second-order valence-electron chi connectivity index (χ2n) is 7.67. The highest BCUT2D eigenvalue weighted by atomic mass is 32.2. The Bertz CT molecular complexity index is 1320. The lowest BCUT2D eigenvalue weighted by atomic mass is 10.0. The first-order chi connectivity index (χ1) is 15.8. The number of hydrogen-bond donors (Lipinski definition) is 3. The lowest BCUT2D eigenvalue weighted by Gasteiger charge is -2.11. The van der Waals surface area contributed by atoms with Crippen molar-refractivity contribution < 1.29 is 22.4 Å². The molecule has 0 saturated carbocycles. The molecule has 2 aromatic carbocycles. The van der Waals surface area contributed by atoms with Crippen molar-refractivity contribution in [1.82, 2.24) is 15.6 Å². The number of sulfonamides is 1. The second-order valence-corrected chi connectivity index (χ2v) is 9.68. The van der Waals surface area contributed by atoms with Gasteiger partial charge in [-0.3, -0.25) is 14.3 Å². The fourth-order valence-corrected chi connectivity index (χ4v) is 4.29. The molecule has 2 amide bonds. The zero-order valence-electron chi connectivity index (χ0n) is 18.2. The number of rotatable bonds is 8. The molecule has 0 saturated heterocycles. The second kappa shape index (κ2) is 9.07. The molecule has 0 radical (unpaired) electrons. The maximum atomic E-state index is 12.5. The van der Waals surface area contributed by atoms with E-state index in [4.69, 9.17) is 4.42 Å². The third-order valence-corrected chi connectivity index (χ3v) is 6.72. The Morgan fingerprint density at radius 2 is 1.82 bits per heavy atom. The van der Waals surface area contributed by atoms with Crippen molar-refractivity contribution in [1.29, 1.82) is 0 Å². The number of nitrogens with zero attached hydrogens (tertiary/aromatic N) is 1. The van der Waals surface area contributed by atoms with E-state index in [0.29, 0.717) is 28.3 Å². The fourth-order valence-electron chi connectivity index (χ4n) is 3.63. The molecule has 2 heterocycles. The van der Waals surface area contributed by atoms with E-state index >= 15 is 0 Å². The lowest BCUT2D eigenvalue weighted by molar-refractivity contribution is -0.121. The summed E-state index contributed by atoms with van der Waals surface area (Å²) in [5, 5.41) is 5.64. The Hall–Kier alpha value is -3.66. The van der Waals surface area contributed by atoms with Gasteiger partial charge in [-0.05, 0) is 37.6 Å². The molecular weight excluding hydrogens is 444 g/mol. The minimum Gasteiger partial charge on any atom is -0.441 e. The molecule has 172 valence electrons. The van der Waals surface area contributed by atoms with Crippen LogP contribution in [0.5, 0.6) is 0 Å². The fraction of sp³-hybridized carbons (Fsp3) is 0.261. The summed E-state index contributed by atoms with van der Waals surface area (Å²) in [5.41, 5.74) is 2.79. The number of benzene rings is 2. The predicted molar refractivity (Wildman–Crippen MR) is 123 cm³/mol. The van der Waals surface area contributed by atoms with Gasteiger partial charge in [0.2, 0.25) is 21.8 Å². The van der Waals surface area contributed by atoms with E-state index in [1.54, 1.807) is 50.2 Å². The van der Waals surface area contributed by atoms with Crippen molar-refractivity contribution in [2.75, 3.05) is 10.5 Å². The van der Waals surface area contributed by atoms with Crippen molar-refractivity contribution in [2.24, 2.45) is 0 Å². The number of nitrogens with one attached hydrogen (secondary N) is 3. The lowest BCUT2D eigenvalue weighted by Crippen LogP contribution is -2.29. The summed E-state index contributed by atoms with van der Waals surface area (Å²) in [6.45, 7) is 3.42. The molecule has 1 atom stereocenters. The zero-order chi connectivity index (χ0) is 23.6. The molecule has 1 aromatic heterocycles. The predicted octanol–water partition coefficient (Wildman–Crippen LogP) is 2.90. The number of aryl methyl sites for hydroxylation is 1. The smallest absolute Gasteiger partial charge is 0.252 e. The van der Waals surface area contributed by atoms with E-state index in [-0.39, 0.29) is 42.5 Å². The third kappa shape index (κ3) is 4.90. The van der Waals surface area contributed by atoms with Crippen LogP contribution in [-0.2, 0) is 21.4 Å². The summed E-state index contributed by atoms with van der Waals surface area (Å²) in [6, 6.07) is 13.6. The number of anilines is 1. The van der Waals surface area contributed by atoms with E-state index in [9.17, 15) is 18.0 Å². The highest BCUT2D eigenvalue weighted by Crippen LogP contribution is 2.30. The number of oxazole rings is 1. The Labute approximate surface area is 191 Å². The van der Waals surface area contributed by atoms with E-state index < -0.39 is 10.0 Å². The van der Waals surface area contributed by atoms with Crippen LogP contribution in [0.15, 0.2) is 52.9 Å². The van der Waals surface area contributed by atoms with Crippen molar-refractivity contribution >= 4 is 27.5 Å². The summed E-state index contributed by atoms with van der Waals surface area (Å²) in [6.07, 6.45) is 0.105. The topological polar surface area (TPSA) is 130 Å². The van der Waals surface area contributed by atoms with Gasteiger partial charge in [-0.1, -0.05) is 30.3 Å². The van der Waals surface area contributed by atoms with Gasteiger partial charge in [0.05, 0.1) is 36.0 Å². The normalized spacial score (nSPS) is 15.1. The van der Waals surface area contributed by atoms with Gasteiger partial charge in [0.25, 0.3) is 5.91 Å². The molecule has 4 rings (SSSR count). The van der Waals surface area contributed by atoms with Gasteiger partial charge in [0, 0.05) is 5.56 Å². The molecular formula is C23H24N4O5S. The van der Waals surface area contributed by atoms with E-state index in [0.717, 1.165) is 5.56 Å². The van der Waals surface area contributed by atoms with Crippen LogP contribution in [0.25, 0.3) is 11.5 Å². The van der Waals surface area contributed by atoms with Gasteiger partial charge >= 0.3 is 0 Å². The maximum Gasteiger partial charge on any atom is 0.252 e. The molecule has 0 spiro atoms. The monoisotopic (exact) mass is 468 g/mol. The van der Waals surface area contributed by atoms with Gasteiger partial charge in [-0.15, -0.1) is 0 Å². The van der Waals surface area contributed by atoms with Crippen LogP contribution >= 0.6 is 0 Å². The van der Waals surface area contributed by atoms with E-state index in [2.05, 4.69) is 20.3 Å². The maximum absolute atomic E-state index is 12.5. The van der Waals surface area contributed by atoms with Crippen molar-refractivity contribution in [3.8, 4) is 11.5 Å². The Morgan fingerprint density at radius 3 is 2.58 bits per heavy atom. The highest BCUT2D eigenvalue weighted by molar-refractivity contribution is 7.92. The number of fused-ring (bicyclic) bond motifs is 1. The first kappa shape index (κ1) is 22.5. The molecule has 0 fully saturated rings. The molecule has 9 nitrogen and oxygen atoms in total. The summed E-state index contributed by atoms with van der Waals surface area (Å²) in [5.74, 6) is 0.283. The number of carbonyl (C=O) groups excluding carboxylic acids is 2. The number of amides is 2. The average Bonchev–Trinajstić information content (AvgIpc) is 3.32. The molecule has 1 unspecified atom stereocenters. The quantitative estimate of drug-likeness (QED) is 0.466. The molecule has 1 aliphatic heterocycles. The largest absolute Gasteiger partial charge is 0.441 e. The van der Waals surface area contributed by atoms with Gasteiger partial charge < -0.3 is 15.1 Å².